The Morgan fingerprint density at radius 2 is 1.67 bits per heavy atom. The van der Waals surface area contributed by atoms with E-state index in [0.29, 0.717) is 29.4 Å². The van der Waals surface area contributed by atoms with Crippen LogP contribution in [0.1, 0.15) is 21.5 Å². The lowest BCUT2D eigenvalue weighted by atomic mass is 10.1. The number of hydrogen-bond donors (Lipinski definition) is 0. The topological polar surface area (TPSA) is 65.1 Å². The molecule has 0 saturated heterocycles. The molecule has 0 fully saturated rings. The summed E-state index contributed by atoms with van der Waals surface area (Å²) in [4.78, 5) is 25.8. The van der Waals surface area contributed by atoms with Crippen LogP contribution in [0.4, 0.5) is 0 Å². The zero-order chi connectivity index (χ0) is 23.6. The first-order chi connectivity index (χ1) is 16.0. The quantitative estimate of drug-likeness (QED) is 0.336. The molecule has 0 unspecified atom stereocenters. The van der Waals surface area contributed by atoms with Gasteiger partial charge in [0, 0.05) is 19.7 Å². The van der Waals surface area contributed by atoms with Crippen LogP contribution in [0.15, 0.2) is 78.9 Å². The minimum Gasteiger partial charge on any atom is -0.493 e. The minimum atomic E-state index is -0.179. The summed E-state index contributed by atoms with van der Waals surface area (Å²) in [6, 6.07) is 22.1. The highest BCUT2D eigenvalue weighted by Gasteiger charge is 2.09. The smallest absolute Gasteiger partial charge is 0.259 e. The van der Waals surface area contributed by atoms with Gasteiger partial charge in [0.15, 0.2) is 23.9 Å². The van der Waals surface area contributed by atoms with Crippen LogP contribution in [0.5, 0.6) is 17.2 Å². The van der Waals surface area contributed by atoms with Crippen molar-refractivity contribution >= 4 is 17.8 Å². The molecule has 0 heterocycles. The molecule has 3 aromatic rings. The first-order valence-electron chi connectivity index (χ1n) is 10.5. The van der Waals surface area contributed by atoms with E-state index in [1.807, 2.05) is 42.5 Å². The third-order valence-electron chi connectivity index (χ3n) is 4.83. The van der Waals surface area contributed by atoms with Crippen molar-refractivity contribution in [2.45, 2.75) is 6.61 Å². The van der Waals surface area contributed by atoms with Gasteiger partial charge in [-0.15, -0.1) is 0 Å². The van der Waals surface area contributed by atoms with E-state index in [1.54, 1.807) is 57.6 Å². The van der Waals surface area contributed by atoms with Crippen LogP contribution in [-0.4, -0.2) is 44.4 Å². The third-order valence-corrected chi connectivity index (χ3v) is 4.83. The highest BCUT2D eigenvalue weighted by atomic mass is 16.5. The Balaban J connectivity index is 1.68. The van der Waals surface area contributed by atoms with Crippen LogP contribution in [0, 0.1) is 0 Å². The van der Waals surface area contributed by atoms with Crippen molar-refractivity contribution in [1.29, 1.82) is 0 Å². The summed E-state index contributed by atoms with van der Waals surface area (Å²) in [5, 5.41) is 0. The van der Waals surface area contributed by atoms with Gasteiger partial charge < -0.3 is 19.1 Å². The average molecular weight is 446 g/mol. The van der Waals surface area contributed by atoms with E-state index in [0.717, 1.165) is 11.1 Å². The number of hydrogen-bond acceptors (Lipinski definition) is 5. The Morgan fingerprint density at radius 3 is 2.39 bits per heavy atom. The second kappa shape index (κ2) is 11.5. The Bertz CT molecular complexity index is 1120. The van der Waals surface area contributed by atoms with Gasteiger partial charge in [-0.1, -0.05) is 54.6 Å². The summed E-state index contributed by atoms with van der Waals surface area (Å²) >= 11 is 0. The van der Waals surface area contributed by atoms with Crippen LogP contribution < -0.4 is 14.2 Å². The van der Waals surface area contributed by atoms with E-state index in [9.17, 15) is 9.59 Å². The molecule has 0 saturated carbocycles. The average Bonchev–Trinajstić information content (AvgIpc) is 2.85. The van der Waals surface area contributed by atoms with Gasteiger partial charge >= 0.3 is 0 Å². The van der Waals surface area contributed by atoms with E-state index >= 15 is 0 Å². The molecule has 0 bridgehead atoms. The van der Waals surface area contributed by atoms with Gasteiger partial charge in [-0.25, -0.2) is 0 Å². The maximum Gasteiger partial charge on any atom is 0.259 e. The first kappa shape index (κ1) is 23.6. The van der Waals surface area contributed by atoms with Gasteiger partial charge in [0.2, 0.25) is 0 Å². The van der Waals surface area contributed by atoms with Gasteiger partial charge in [-0.2, -0.15) is 0 Å². The molecule has 6 nitrogen and oxygen atoms in total. The molecule has 0 aromatic heterocycles. The lowest BCUT2D eigenvalue weighted by Gasteiger charge is -2.12. The fourth-order valence-electron chi connectivity index (χ4n) is 2.93. The van der Waals surface area contributed by atoms with E-state index in [-0.39, 0.29) is 18.3 Å². The summed E-state index contributed by atoms with van der Waals surface area (Å²) in [5.74, 6) is 1.34. The lowest BCUT2D eigenvalue weighted by molar-refractivity contribution is -0.130. The van der Waals surface area contributed by atoms with Crippen LogP contribution in [0.25, 0.3) is 6.08 Å². The highest BCUT2D eigenvalue weighted by molar-refractivity contribution is 6.07. The van der Waals surface area contributed by atoms with Gasteiger partial charge in [0.1, 0.15) is 12.4 Å². The summed E-state index contributed by atoms with van der Waals surface area (Å²) < 4.78 is 16.8. The van der Waals surface area contributed by atoms with Crippen LogP contribution in [-0.2, 0) is 11.4 Å². The molecule has 33 heavy (non-hydrogen) atoms. The molecular formula is C27H27NO5. The standard InChI is InChI=1S/C27H27NO5/c1-28(2)27(30)19-32-23-11-7-10-22(17-23)24(29)14-12-20-13-15-25(31-3)26(16-20)33-18-21-8-5-4-6-9-21/h4-17H,18-19H2,1-3H3/b14-12+. The molecule has 3 rings (SSSR count). The van der Waals surface area contributed by atoms with Gasteiger partial charge in [0.05, 0.1) is 7.11 Å². The number of carbonyl (C=O) groups excluding carboxylic acids is 2. The number of rotatable bonds is 10. The molecule has 0 spiro atoms. The normalized spacial score (nSPS) is 10.6. The Hall–Kier alpha value is -4.06. The molecule has 0 aliphatic carbocycles. The molecule has 0 N–H and O–H groups in total. The molecule has 0 aliphatic rings. The number of benzene rings is 3. The van der Waals surface area contributed by atoms with Crippen molar-refractivity contribution in [3.63, 3.8) is 0 Å². The van der Waals surface area contributed by atoms with Crippen molar-refractivity contribution in [1.82, 2.24) is 4.90 Å². The van der Waals surface area contributed by atoms with Crippen molar-refractivity contribution in [3.8, 4) is 17.2 Å². The molecule has 3 aromatic carbocycles. The van der Waals surface area contributed by atoms with E-state index in [2.05, 4.69) is 0 Å². The maximum atomic E-state index is 12.7. The third kappa shape index (κ3) is 6.97. The Labute approximate surface area is 194 Å². The number of nitrogens with zero attached hydrogens (tertiary/aromatic N) is 1. The van der Waals surface area contributed by atoms with Gasteiger partial charge in [0.25, 0.3) is 5.91 Å². The first-order valence-corrected chi connectivity index (χ1v) is 10.5. The summed E-state index contributed by atoms with van der Waals surface area (Å²) in [6.45, 7) is 0.324. The van der Waals surface area contributed by atoms with Crippen LogP contribution >= 0.6 is 0 Å². The molecule has 0 atom stereocenters. The zero-order valence-corrected chi connectivity index (χ0v) is 19.0. The van der Waals surface area contributed by atoms with Gasteiger partial charge in [-0.05, 0) is 41.5 Å². The SMILES string of the molecule is COc1ccc(/C=C/C(=O)c2cccc(OCC(=O)N(C)C)c2)cc1OCc1ccccc1. The summed E-state index contributed by atoms with van der Waals surface area (Å²) in [5.41, 5.74) is 2.32. The molecule has 0 aliphatic heterocycles. The van der Waals surface area contributed by atoms with Crippen molar-refractivity contribution in [3.05, 3.63) is 95.6 Å². The van der Waals surface area contributed by atoms with Crippen LogP contribution in [0.3, 0.4) is 0 Å². The van der Waals surface area contributed by atoms with Gasteiger partial charge in [-0.3, -0.25) is 9.59 Å². The number of amides is 1. The summed E-state index contributed by atoms with van der Waals surface area (Å²) in [7, 11) is 4.91. The van der Waals surface area contributed by atoms with Crippen molar-refractivity contribution in [2.75, 3.05) is 27.8 Å². The lowest BCUT2D eigenvalue weighted by Crippen LogP contribution is -2.27. The molecule has 1 amide bonds. The van der Waals surface area contributed by atoms with Crippen molar-refractivity contribution < 1.29 is 23.8 Å². The van der Waals surface area contributed by atoms with Crippen molar-refractivity contribution in [2.24, 2.45) is 0 Å². The second-order valence-corrected chi connectivity index (χ2v) is 7.49. The predicted molar refractivity (Wildman–Crippen MR) is 128 cm³/mol. The molecular weight excluding hydrogens is 418 g/mol. The fraction of sp³-hybridized carbons (Fsp3) is 0.185. The molecule has 6 heteroatoms. The maximum absolute atomic E-state index is 12.7. The summed E-state index contributed by atoms with van der Waals surface area (Å²) in [6.07, 6.45) is 3.22. The number of allylic oxidation sites excluding steroid dienone is 1. The van der Waals surface area contributed by atoms with E-state index in [1.165, 1.54) is 11.0 Å². The van der Waals surface area contributed by atoms with E-state index < -0.39 is 0 Å². The largest absolute Gasteiger partial charge is 0.493 e. The second-order valence-electron chi connectivity index (χ2n) is 7.49. The minimum absolute atomic E-state index is 0.0852. The number of ether oxygens (including phenoxy) is 3. The predicted octanol–water partition coefficient (Wildman–Crippen LogP) is 4.64. The molecule has 0 radical (unpaired) electrons. The number of carbonyl (C=O) groups is 2. The zero-order valence-electron chi connectivity index (χ0n) is 19.0. The van der Waals surface area contributed by atoms with Crippen LogP contribution in [0.2, 0.25) is 0 Å². The fourth-order valence-corrected chi connectivity index (χ4v) is 2.93. The number of methoxy groups -OCH3 is 1. The van der Waals surface area contributed by atoms with E-state index in [4.69, 9.17) is 14.2 Å². The monoisotopic (exact) mass is 445 g/mol. The Kier molecular flexibility index (Phi) is 8.24. The number of likely N-dealkylation sites (N-methyl/N-ethyl adjacent to an activating group) is 1. The number of ketones is 1. The Morgan fingerprint density at radius 1 is 0.879 bits per heavy atom. The molecule has 170 valence electrons. The highest BCUT2D eigenvalue weighted by Crippen LogP contribution is 2.29.